The predicted molar refractivity (Wildman–Crippen MR) is 167 cm³/mol. The van der Waals surface area contributed by atoms with E-state index in [2.05, 4.69) is 143 Å². The Morgan fingerprint density at radius 2 is 0.816 bits per heavy atom. The van der Waals surface area contributed by atoms with E-state index in [0.717, 1.165) is 37.7 Å². The molecule has 0 unspecified atom stereocenters. The van der Waals surface area contributed by atoms with Crippen LogP contribution in [0.3, 0.4) is 0 Å². The minimum atomic E-state index is -0.428. The number of nitrogens with zero attached hydrogens (tertiary/aromatic N) is 2. The summed E-state index contributed by atoms with van der Waals surface area (Å²) >= 11 is 0. The minimum Gasteiger partial charge on any atom is -0.297 e. The van der Waals surface area contributed by atoms with E-state index in [1.165, 1.54) is 21.2 Å². The Morgan fingerprint density at radius 3 is 1.16 bits per heavy atom. The van der Waals surface area contributed by atoms with E-state index in [0.29, 0.717) is 0 Å². The van der Waals surface area contributed by atoms with Crippen molar-refractivity contribution in [2.75, 3.05) is 25.4 Å². The molecule has 0 saturated carbocycles. The second-order valence-corrected chi connectivity index (χ2v) is 13.9. The maximum Gasteiger partial charge on any atom is 0.0543 e. The third-order valence-electron chi connectivity index (χ3n) is 6.66. The Balaban J connectivity index is 1.37. The van der Waals surface area contributed by atoms with Gasteiger partial charge in [0.1, 0.15) is 0 Å². The second kappa shape index (κ2) is 14.1. The lowest BCUT2D eigenvalue weighted by atomic mass is 10.3. The van der Waals surface area contributed by atoms with Crippen LogP contribution in [-0.2, 0) is 6.54 Å². The Bertz CT molecular complexity index is 1170. The lowest BCUT2D eigenvalue weighted by molar-refractivity contribution is 0.296. The van der Waals surface area contributed by atoms with Gasteiger partial charge in [0, 0.05) is 25.8 Å². The number of pyridine rings is 1. The van der Waals surface area contributed by atoms with Gasteiger partial charge < -0.3 is 0 Å². The zero-order valence-electron chi connectivity index (χ0n) is 21.7. The third kappa shape index (κ3) is 7.46. The fourth-order valence-electron chi connectivity index (χ4n) is 4.72. The minimum absolute atomic E-state index is 0.428. The van der Waals surface area contributed by atoms with Crippen molar-refractivity contribution in [3.05, 3.63) is 151 Å². The molecule has 0 fully saturated rings. The summed E-state index contributed by atoms with van der Waals surface area (Å²) in [4.78, 5) is 7.30. The number of hydrogen-bond donors (Lipinski definition) is 0. The molecular formula is C34H34N2P2. The first-order valence-corrected chi connectivity index (χ1v) is 16.3. The molecule has 1 heterocycles. The van der Waals surface area contributed by atoms with Crippen LogP contribution in [0.15, 0.2) is 146 Å². The average Bonchev–Trinajstić information content (AvgIpc) is 3.00. The molecule has 5 rings (SSSR count). The average molecular weight is 533 g/mol. The lowest BCUT2D eigenvalue weighted by Crippen LogP contribution is -2.32. The molecule has 2 nitrogen and oxygen atoms in total. The van der Waals surface area contributed by atoms with Crippen molar-refractivity contribution < 1.29 is 0 Å². The molecule has 0 amide bonds. The van der Waals surface area contributed by atoms with Gasteiger partial charge in [-0.1, -0.05) is 127 Å². The topological polar surface area (TPSA) is 16.1 Å². The van der Waals surface area contributed by atoms with Gasteiger partial charge in [-0.25, -0.2) is 0 Å². The van der Waals surface area contributed by atoms with E-state index in [4.69, 9.17) is 0 Å². The van der Waals surface area contributed by atoms with Crippen LogP contribution in [0.1, 0.15) is 5.69 Å². The molecule has 0 saturated heterocycles. The molecule has 0 aliphatic heterocycles. The standard InChI is InChI=1S/C34H34N2P2/c1-5-16-31(17-6-1)37(32-18-7-2-8-19-32)27-25-36(29-30-15-13-14-24-35-30)26-28-38(33-20-9-3-10-21-33)34-22-11-4-12-23-34/h1-24H,25-29H2. The van der Waals surface area contributed by atoms with Crippen molar-refractivity contribution in [2.45, 2.75) is 6.54 Å². The van der Waals surface area contributed by atoms with E-state index in [1.807, 2.05) is 12.3 Å². The van der Waals surface area contributed by atoms with Crippen molar-refractivity contribution in [3.8, 4) is 0 Å². The Kier molecular flexibility index (Phi) is 9.84. The molecule has 0 spiro atoms. The molecule has 0 radical (unpaired) electrons. The summed E-state index contributed by atoms with van der Waals surface area (Å²) in [6.45, 7) is 2.96. The Hall–Kier alpha value is -3.15. The highest BCUT2D eigenvalue weighted by Crippen LogP contribution is 2.35. The molecule has 4 heteroatoms. The maximum atomic E-state index is 4.67. The molecule has 0 bridgehead atoms. The largest absolute Gasteiger partial charge is 0.297 e. The van der Waals surface area contributed by atoms with Gasteiger partial charge in [-0.15, -0.1) is 0 Å². The summed E-state index contributed by atoms with van der Waals surface area (Å²) in [6, 6.07) is 50.5. The molecule has 0 aliphatic carbocycles. The highest BCUT2D eigenvalue weighted by molar-refractivity contribution is 7.73. The number of rotatable bonds is 12. The van der Waals surface area contributed by atoms with Gasteiger partial charge in [-0.05, 0) is 61.5 Å². The third-order valence-corrected chi connectivity index (χ3v) is 11.6. The highest BCUT2D eigenvalue weighted by Gasteiger charge is 2.19. The number of benzene rings is 4. The van der Waals surface area contributed by atoms with Crippen LogP contribution in [-0.4, -0.2) is 35.3 Å². The Labute approximate surface area is 229 Å². The van der Waals surface area contributed by atoms with E-state index in [9.17, 15) is 0 Å². The summed E-state index contributed by atoms with van der Waals surface area (Å²) in [5, 5.41) is 5.79. The Morgan fingerprint density at radius 1 is 0.447 bits per heavy atom. The molecule has 4 aromatic carbocycles. The quantitative estimate of drug-likeness (QED) is 0.179. The number of hydrogen-bond acceptors (Lipinski definition) is 2. The first-order valence-electron chi connectivity index (χ1n) is 13.2. The fourth-order valence-corrected chi connectivity index (χ4v) is 9.44. The van der Waals surface area contributed by atoms with Crippen LogP contribution >= 0.6 is 15.8 Å². The van der Waals surface area contributed by atoms with Crippen molar-refractivity contribution in [2.24, 2.45) is 0 Å². The smallest absolute Gasteiger partial charge is 0.0543 e. The number of aromatic nitrogens is 1. The van der Waals surface area contributed by atoms with Crippen molar-refractivity contribution >= 4 is 37.1 Å². The first-order chi connectivity index (χ1) is 18.9. The summed E-state index contributed by atoms with van der Waals surface area (Å²) in [5.74, 6) is 0. The molecular weight excluding hydrogens is 498 g/mol. The van der Waals surface area contributed by atoms with Crippen LogP contribution in [0.2, 0.25) is 0 Å². The molecule has 5 aromatic rings. The van der Waals surface area contributed by atoms with Gasteiger partial charge in [0.05, 0.1) is 5.69 Å². The molecule has 190 valence electrons. The molecule has 38 heavy (non-hydrogen) atoms. The van der Waals surface area contributed by atoms with Gasteiger partial charge >= 0.3 is 0 Å². The first kappa shape index (κ1) is 26.5. The molecule has 0 aliphatic rings. The summed E-state index contributed by atoms with van der Waals surface area (Å²) in [6.07, 6.45) is 4.17. The maximum absolute atomic E-state index is 4.67. The van der Waals surface area contributed by atoms with Crippen molar-refractivity contribution in [1.29, 1.82) is 0 Å². The van der Waals surface area contributed by atoms with Gasteiger partial charge in [-0.2, -0.15) is 0 Å². The zero-order valence-corrected chi connectivity index (χ0v) is 23.5. The van der Waals surface area contributed by atoms with Gasteiger partial charge in [0.2, 0.25) is 0 Å². The van der Waals surface area contributed by atoms with Crippen LogP contribution in [0.4, 0.5) is 0 Å². The van der Waals surface area contributed by atoms with E-state index in [-0.39, 0.29) is 0 Å². The normalized spacial score (nSPS) is 11.3. The van der Waals surface area contributed by atoms with E-state index < -0.39 is 15.8 Å². The van der Waals surface area contributed by atoms with E-state index >= 15 is 0 Å². The van der Waals surface area contributed by atoms with Crippen LogP contribution in [0.25, 0.3) is 0 Å². The van der Waals surface area contributed by atoms with Crippen LogP contribution in [0.5, 0.6) is 0 Å². The van der Waals surface area contributed by atoms with Gasteiger partial charge in [-0.3, -0.25) is 9.88 Å². The SMILES string of the molecule is c1ccc(P(CCN(CCP(c2ccccc2)c2ccccc2)Cc2ccccn2)c2ccccc2)cc1. The van der Waals surface area contributed by atoms with Gasteiger partial charge in [0.25, 0.3) is 0 Å². The van der Waals surface area contributed by atoms with Crippen LogP contribution < -0.4 is 21.2 Å². The molecule has 0 N–H and O–H groups in total. The molecule has 0 atom stereocenters. The van der Waals surface area contributed by atoms with Crippen LogP contribution in [0, 0.1) is 0 Å². The second-order valence-electron chi connectivity index (χ2n) is 9.24. The fraction of sp³-hybridized carbons (Fsp3) is 0.147. The predicted octanol–water partition coefficient (Wildman–Crippen LogP) is 6.15. The summed E-state index contributed by atoms with van der Waals surface area (Å²) in [7, 11) is -0.857. The summed E-state index contributed by atoms with van der Waals surface area (Å²) in [5.41, 5.74) is 1.14. The van der Waals surface area contributed by atoms with Crippen molar-refractivity contribution in [1.82, 2.24) is 9.88 Å². The highest BCUT2D eigenvalue weighted by atomic mass is 31.1. The zero-order chi connectivity index (χ0) is 25.8. The molecule has 1 aromatic heterocycles. The van der Waals surface area contributed by atoms with E-state index in [1.54, 1.807) is 0 Å². The monoisotopic (exact) mass is 532 g/mol. The summed E-state index contributed by atoms with van der Waals surface area (Å²) < 4.78 is 0. The lowest BCUT2D eigenvalue weighted by Gasteiger charge is -2.28. The van der Waals surface area contributed by atoms with Crippen molar-refractivity contribution in [3.63, 3.8) is 0 Å². The van der Waals surface area contributed by atoms with Gasteiger partial charge in [0.15, 0.2) is 0 Å².